The Morgan fingerprint density at radius 1 is 1.36 bits per heavy atom. The van der Waals surface area contributed by atoms with Crippen LogP contribution in [-0.2, 0) is 11.3 Å². The minimum Gasteiger partial charge on any atom is -0.383 e. The Balaban J connectivity index is 1.76. The van der Waals surface area contributed by atoms with E-state index in [1.165, 1.54) is 29.7 Å². The van der Waals surface area contributed by atoms with Crippen molar-refractivity contribution in [2.45, 2.75) is 39.3 Å². The Bertz CT molecular complexity index is 710. The van der Waals surface area contributed by atoms with Crippen LogP contribution in [0.4, 0.5) is 0 Å². The normalized spacial score (nSPS) is 24.2. The zero-order valence-corrected chi connectivity index (χ0v) is 15.2. The molecular formula is C19H27N3O3. The highest BCUT2D eigenvalue weighted by Crippen LogP contribution is 2.43. The Hall–Kier alpha value is -1.95. The van der Waals surface area contributed by atoms with E-state index >= 15 is 0 Å². The van der Waals surface area contributed by atoms with Crippen molar-refractivity contribution in [3.63, 3.8) is 0 Å². The van der Waals surface area contributed by atoms with E-state index in [4.69, 9.17) is 4.74 Å². The molecule has 0 N–H and O–H groups in total. The molecule has 6 nitrogen and oxygen atoms in total. The third kappa shape index (κ3) is 3.84. The molecule has 0 aliphatic heterocycles. The van der Waals surface area contributed by atoms with Crippen molar-refractivity contribution in [3.8, 4) is 0 Å². The topological polar surface area (TPSA) is 64.4 Å². The monoisotopic (exact) mass is 345 g/mol. The molecule has 0 unspecified atom stereocenters. The van der Waals surface area contributed by atoms with Gasteiger partial charge in [0.1, 0.15) is 5.69 Å². The molecule has 1 heterocycles. The molecule has 1 aromatic heterocycles. The molecular weight excluding hydrogens is 318 g/mol. The highest BCUT2D eigenvalue weighted by molar-refractivity contribution is 5.92. The molecule has 1 fully saturated rings. The SMILES string of the molecule is COCCn1nc(C(=O)N(C[C@H]2C[C@H]3C=C[C@H]2C3)C(C)C)ccc1=O. The number of methoxy groups -OCH3 is 1. The first-order chi connectivity index (χ1) is 12.0. The van der Waals surface area contributed by atoms with Crippen LogP contribution in [0.25, 0.3) is 0 Å². The number of carbonyl (C=O) groups excluding carboxylic acids is 1. The minimum absolute atomic E-state index is 0.0942. The van der Waals surface area contributed by atoms with Crippen LogP contribution in [0.5, 0.6) is 0 Å². The molecule has 0 saturated heterocycles. The Kier molecular flexibility index (Phi) is 5.37. The molecule has 0 radical (unpaired) electrons. The zero-order valence-electron chi connectivity index (χ0n) is 15.2. The van der Waals surface area contributed by atoms with E-state index in [-0.39, 0.29) is 17.5 Å². The summed E-state index contributed by atoms with van der Waals surface area (Å²) in [5.41, 5.74) is 0.103. The van der Waals surface area contributed by atoms with Crippen LogP contribution < -0.4 is 5.56 Å². The first kappa shape index (κ1) is 17.9. The second-order valence-corrected chi connectivity index (χ2v) is 7.36. The predicted octanol–water partition coefficient (Wildman–Crippen LogP) is 1.95. The lowest BCUT2D eigenvalue weighted by molar-refractivity contribution is 0.0651. The molecule has 136 valence electrons. The first-order valence-corrected chi connectivity index (χ1v) is 9.06. The number of hydrogen-bond acceptors (Lipinski definition) is 4. The lowest BCUT2D eigenvalue weighted by Crippen LogP contribution is -2.42. The smallest absolute Gasteiger partial charge is 0.274 e. The number of allylic oxidation sites excluding steroid dienone is 2. The van der Waals surface area contributed by atoms with Crippen molar-refractivity contribution < 1.29 is 9.53 Å². The highest BCUT2D eigenvalue weighted by atomic mass is 16.5. The fourth-order valence-corrected chi connectivity index (χ4v) is 3.93. The summed E-state index contributed by atoms with van der Waals surface area (Å²) >= 11 is 0. The van der Waals surface area contributed by atoms with Gasteiger partial charge in [-0.25, -0.2) is 4.68 Å². The number of hydrogen-bond donors (Lipinski definition) is 0. The van der Waals surface area contributed by atoms with Gasteiger partial charge in [0, 0.05) is 25.8 Å². The number of carbonyl (C=O) groups is 1. The number of rotatable bonds is 7. The highest BCUT2D eigenvalue weighted by Gasteiger charge is 2.37. The Labute approximate surface area is 148 Å². The Morgan fingerprint density at radius 3 is 2.76 bits per heavy atom. The van der Waals surface area contributed by atoms with Gasteiger partial charge >= 0.3 is 0 Å². The summed E-state index contributed by atoms with van der Waals surface area (Å²) in [6, 6.07) is 3.04. The lowest BCUT2D eigenvalue weighted by Gasteiger charge is -2.31. The van der Waals surface area contributed by atoms with Crippen molar-refractivity contribution in [2.75, 3.05) is 20.3 Å². The molecule has 0 spiro atoms. The van der Waals surface area contributed by atoms with E-state index in [2.05, 4.69) is 17.3 Å². The average molecular weight is 345 g/mol. The summed E-state index contributed by atoms with van der Waals surface area (Å²) in [7, 11) is 1.57. The standard InChI is InChI=1S/C19H27N3O3/c1-13(2)21(12-16-11-14-4-5-15(16)10-14)19(24)17-6-7-18(23)22(20-17)8-9-25-3/h4-7,13-16H,8-12H2,1-3H3/t14-,15-,16+/m0/s1. The van der Waals surface area contributed by atoms with E-state index < -0.39 is 0 Å². The number of ether oxygens (including phenoxy) is 1. The fraction of sp³-hybridized carbons (Fsp3) is 0.632. The largest absolute Gasteiger partial charge is 0.383 e. The minimum atomic E-state index is -0.220. The van der Waals surface area contributed by atoms with Crippen molar-refractivity contribution >= 4 is 5.91 Å². The summed E-state index contributed by atoms with van der Waals surface area (Å²) < 4.78 is 6.30. The van der Waals surface area contributed by atoms with Crippen LogP contribution in [0, 0.1) is 17.8 Å². The average Bonchev–Trinajstić information content (AvgIpc) is 3.21. The van der Waals surface area contributed by atoms with E-state index in [1.807, 2.05) is 18.7 Å². The number of amides is 1. The van der Waals surface area contributed by atoms with Gasteiger partial charge in [-0.05, 0) is 50.5 Å². The number of nitrogens with zero attached hydrogens (tertiary/aromatic N) is 3. The molecule has 2 aliphatic rings. The van der Waals surface area contributed by atoms with E-state index in [9.17, 15) is 9.59 Å². The summed E-state index contributed by atoms with van der Waals surface area (Å²) in [5.74, 6) is 1.71. The zero-order chi connectivity index (χ0) is 18.0. The van der Waals surface area contributed by atoms with Gasteiger partial charge in [-0.3, -0.25) is 9.59 Å². The maximum atomic E-state index is 13.0. The van der Waals surface area contributed by atoms with E-state index in [1.54, 1.807) is 7.11 Å². The van der Waals surface area contributed by atoms with E-state index in [0.29, 0.717) is 36.6 Å². The molecule has 3 rings (SSSR count). The van der Waals surface area contributed by atoms with Gasteiger partial charge in [-0.15, -0.1) is 0 Å². The molecule has 1 amide bonds. The fourth-order valence-electron chi connectivity index (χ4n) is 3.93. The van der Waals surface area contributed by atoms with Gasteiger partial charge in [-0.1, -0.05) is 12.2 Å². The third-order valence-corrected chi connectivity index (χ3v) is 5.32. The molecule has 25 heavy (non-hydrogen) atoms. The van der Waals surface area contributed by atoms with Crippen LogP contribution >= 0.6 is 0 Å². The van der Waals surface area contributed by atoms with Gasteiger partial charge in [0.25, 0.3) is 11.5 Å². The number of aromatic nitrogens is 2. The van der Waals surface area contributed by atoms with E-state index in [0.717, 1.165) is 6.54 Å². The summed E-state index contributed by atoms with van der Waals surface area (Å²) in [6.45, 7) is 5.54. The first-order valence-electron chi connectivity index (χ1n) is 9.06. The van der Waals surface area contributed by atoms with Crippen molar-refractivity contribution in [1.29, 1.82) is 0 Å². The predicted molar refractivity (Wildman–Crippen MR) is 95.4 cm³/mol. The number of fused-ring (bicyclic) bond motifs is 2. The summed E-state index contributed by atoms with van der Waals surface area (Å²) in [5, 5.41) is 4.25. The van der Waals surface area contributed by atoms with Gasteiger partial charge in [0.05, 0.1) is 13.2 Å². The molecule has 6 heteroatoms. The maximum Gasteiger partial charge on any atom is 0.274 e. The molecule has 0 aromatic carbocycles. The maximum absolute atomic E-state index is 13.0. The Morgan fingerprint density at radius 2 is 2.16 bits per heavy atom. The van der Waals surface area contributed by atoms with Gasteiger partial charge in [-0.2, -0.15) is 5.10 Å². The van der Waals surface area contributed by atoms with Crippen molar-refractivity contribution in [2.24, 2.45) is 17.8 Å². The molecule has 3 atom stereocenters. The third-order valence-electron chi connectivity index (χ3n) is 5.32. The van der Waals surface area contributed by atoms with Gasteiger partial charge in [0.2, 0.25) is 0 Å². The lowest BCUT2D eigenvalue weighted by atomic mass is 9.92. The molecule has 1 saturated carbocycles. The van der Waals surface area contributed by atoms with Crippen LogP contribution in [0.15, 0.2) is 29.1 Å². The second-order valence-electron chi connectivity index (χ2n) is 7.36. The molecule has 2 bridgehead atoms. The molecule has 2 aliphatic carbocycles. The van der Waals surface area contributed by atoms with Crippen LogP contribution in [0.2, 0.25) is 0 Å². The summed E-state index contributed by atoms with van der Waals surface area (Å²) in [4.78, 5) is 26.8. The second kappa shape index (κ2) is 7.52. The van der Waals surface area contributed by atoms with Crippen LogP contribution in [0.3, 0.4) is 0 Å². The quantitative estimate of drug-likeness (QED) is 0.709. The van der Waals surface area contributed by atoms with Crippen molar-refractivity contribution in [1.82, 2.24) is 14.7 Å². The summed E-state index contributed by atoms with van der Waals surface area (Å²) in [6.07, 6.45) is 7.02. The van der Waals surface area contributed by atoms with Gasteiger partial charge in [0.15, 0.2) is 0 Å². The molecule has 1 aromatic rings. The van der Waals surface area contributed by atoms with Crippen molar-refractivity contribution in [3.05, 3.63) is 40.3 Å². The van der Waals surface area contributed by atoms with Crippen LogP contribution in [0.1, 0.15) is 37.2 Å². The van der Waals surface area contributed by atoms with Gasteiger partial charge < -0.3 is 9.64 Å². The van der Waals surface area contributed by atoms with Crippen LogP contribution in [-0.4, -0.2) is 46.9 Å².